The topological polar surface area (TPSA) is 28.7 Å². The summed E-state index contributed by atoms with van der Waals surface area (Å²) in [5.74, 6) is 0.249. The van der Waals surface area contributed by atoms with E-state index in [9.17, 15) is 13.2 Å². The highest BCUT2D eigenvalue weighted by atomic mass is 32.1. The van der Waals surface area contributed by atoms with Crippen LogP contribution in [0.4, 0.5) is 13.2 Å². The van der Waals surface area contributed by atoms with Gasteiger partial charge in [-0.3, -0.25) is 0 Å². The van der Waals surface area contributed by atoms with Gasteiger partial charge in [0.15, 0.2) is 0 Å². The van der Waals surface area contributed by atoms with Gasteiger partial charge in [0.25, 0.3) is 0 Å². The van der Waals surface area contributed by atoms with E-state index in [1.165, 1.54) is 11.3 Å². The molecule has 0 aliphatic rings. The van der Waals surface area contributed by atoms with Crippen molar-refractivity contribution >= 4 is 11.3 Å². The number of thiophene rings is 1. The number of imidazole rings is 1. The molecule has 0 fully saturated rings. The number of hydrogen-bond acceptors (Lipinski definition) is 2. The van der Waals surface area contributed by atoms with Crippen LogP contribution in [-0.4, -0.2) is 9.97 Å². The molecule has 6 heteroatoms. The fourth-order valence-electron chi connectivity index (χ4n) is 1.01. The Balaban J connectivity index is 2.36. The molecule has 74 valence electrons. The molecular weight excluding hydrogens is 213 g/mol. The predicted molar refractivity (Wildman–Crippen MR) is 46.9 cm³/mol. The number of aromatic amines is 1. The zero-order valence-electron chi connectivity index (χ0n) is 6.80. The maximum atomic E-state index is 12.2. The summed E-state index contributed by atoms with van der Waals surface area (Å²) in [7, 11) is 0. The first-order valence-corrected chi connectivity index (χ1v) is 4.66. The number of hydrogen-bond donors (Lipinski definition) is 1. The second kappa shape index (κ2) is 3.13. The van der Waals surface area contributed by atoms with Crippen LogP contribution in [0.5, 0.6) is 0 Å². The SMILES string of the molecule is FC(F)(F)c1cnc(-c2ccsc2)[nH]1. The van der Waals surface area contributed by atoms with E-state index in [0.29, 0.717) is 5.56 Å². The minimum Gasteiger partial charge on any atom is -0.334 e. The van der Waals surface area contributed by atoms with Crippen molar-refractivity contribution in [1.29, 1.82) is 0 Å². The molecule has 2 rings (SSSR count). The van der Waals surface area contributed by atoms with Crippen molar-refractivity contribution in [2.45, 2.75) is 6.18 Å². The highest BCUT2D eigenvalue weighted by molar-refractivity contribution is 7.08. The Kier molecular flexibility index (Phi) is 2.07. The molecule has 0 unspecified atom stereocenters. The van der Waals surface area contributed by atoms with Crippen LogP contribution < -0.4 is 0 Å². The van der Waals surface area contributed by atoms with Crippen molar-refractivity contribution in [3.8, 4) is 11.4 Å². The molecule has 2 aromatic rings. The van der Waals surface area contributed by atoms with Crippen LogP contribution in [0.2, 0.25) is 0 Å². The molecule has 1 N–H and O–H groups in total. The van der Waals surface area contributed by atoms with Gasteiger partial charge < -0.3 is 4.98 Å². The number of H-pyrrole nitrogens is 1. The molecule has 2 aromatic heterocycles. The van der Waals surface area contributed by atoms with E-state index in [-0.39, 0.29) is 5.82 Å². The third kappa shape index (κ3) is 1.65. The van der Waals surface area contributed by atoms with Crippen LogP contribution in [0.3, 0.4) is 0 Å². The molecular formula is C8H5F3N2S. The van der Waals surface area contributed by atoms with Crippen molar-refractivity contribution in [2.75, 3.05) is 0 Å². The van der Waals surface area contributed by atoms with E-state index in [1.54, 1.807) is 16.8 Å². The first kappa shape index (κ1) is 9.26. The van der Waals surface area contributed by atoms with E-state index in [1.807, 2.05) is 0 Å². The molecule has 2 nitrogen and oxygen atoms in total. The Bertz CT molecular complexity index is 416. The minimum absolute atomic E-state index is 0.249. The van der Waals surface area contributed by atoms with Crippen LogP contribution in [0.15, 0.2) is 23.0 Å². The van der Waals surface area contributed by atoms with E-state index in [4.69, 9.17) is 0 Å². The van der Waals surface area contributed by atoms with Crippen molar-refractivity contribution in [1.82, 2.24) is 9.97 Å². The van der Waals surface area contributed by atoms with Gasteiger partial charge in [0.05, 0.1) is 6.20 Å². The third-order valence-electron chi connectivity index (χ3n) is 1.68. The molecule has 0 radical (unpaired) electrons. The normalized spacial score (nSPS) is 11.9. The lowest BCUT2D eigenvalue weighted by molar-refractivity contribution is -0.140. The second-order valence-corrected chi connectivity index (χ2v) is 3.44. The van der Waals surface area contributed by atoms with Crippen molar-refractivity contribution in [2.24, 2.45) is 0 Å². The molecule has 0 amide bonds. The lowest BCUT2D eigenvalue weighted by Gasteiger charge is -2.00. The summed E-state index contributed by atoms with van der Waals surface area (Å²) >= 11 is 1.41. The minimum atomic E-state index is -4.36. The molecule has 0 atom stereocenters. The van der Waals surface area contributed by atoms with Crippen LogP contribution >= 0.6 is 11.3 Å². The Labute approximate surface area is 81.4 Å². The molecule has 0 aliphatic carbocycles. The third-order valence-corrected chi connectivity index (χ3v) is 2.36. The molecule has 2 heterocycles. The molecule has 0 aliphatic heterocycles. The number of alkyl halides is 3. The summed E-state index contributed by atoms with van der Waals surface area (Å²) in [5.41, 5.74) is -0.149. The lowest BCUT2D eigenvalue weighted by atomic mass is 10.3. The van der Waals surface area contributed by atoms with Crippen molar-refractivity contribution < 1.29 is 13.2 Å². The predicted octanol–water partition coefficient (Wildman–Crippen LogP) is 3.16. The van der Waals surface area contributed by atoms with Crippen LogP contribution in [-0.2, 0) is 6.18 Å². The Morgan fingerprint density at radius 3 is 2.64 bits per heavy atom. The van der Waals surface area contributed by atoms with Gasteiger partial charge in [-0.25, -0.2) is 4.98 Å². The average Bonchev–Trinajstić information content (AvgIpc) is 2.73. The molecule has 0 aromatic carbocycles. The van der Waals surface area contributed by atoms with Crippen LogP contribution in [0.25, 0.3) is 11.4 Å². The second-order valence-electron chi connectivity index (χ2n) is 2.66. The Morgan fingerprint density at radius 2 is 2.14 bits per heavy atom. The van der Waals surface area contributed by atoms with Crippen LogP contribution in [0.1, 0.15) is 5.69 Å². The maximum Gasteiger partial charge on any atom is 0.432 e. The number of nitrogens with zero attached hydrogens (tertiary/aromatic N) is 1. The van der Waals surface area contributed by atoms with Gasteiger partial charge in [-0.05, 0) is 11.4 Å². The van der Waals surface area contributed by atoms with E-state index in [2.05, 4.69) is 9.97 Å². The van der Waals surface area contributed by atoms with Crippen LogP contribution in [0, 0.1) is 0 Å². The summed E-state index contributed by atoms with van der Waals surface area (Å²) in [6, 6.07) is 1.71. The lowest BCUT2D eigenvalue weighted by Crippen LogP contribution is -2.04. The molecule has 0 saturated carbocycles. The number of aromatic nitrogens is 2. The van der Waals surface area contributed by atoms with Crippen molar-refractivity contribution in [3.05, 3.63) is 28.7 Å². The summed E-state index contributed by atoms with van der Waals surface area (Å²) in [5, 5.41) is 3.52. The highest BCUT2D eigenvalue weighted by Gasteiger charge is 2.33. The zero-order valence-corrected chi connectivity index (χ0v) is 7.62. The summed E-state index contributed by atoms with van der Waals surface area (Å²) in [4.78, 5) is 5.88. The summed E-state index contributed by atoms with van der Waals surface area (Å²) in [6.07, 6.45) is -3.56. The summed E-state index contributed by atoms with van der Waals surface area (Å²) in [6.45, 7) is 0. The van der Waals surface area contributed by atoms with E-state index >= 15 is 0 Å². The standard InChI is InChI=1S/C8H5F3N2S/c9-8(10,11)6-3-12-7(13-6)5-1-2-14-4-5/h1-4H,(H,12,13). The van der Waals surface area contributed by atoms with Gasteiger partial charge in [-0.2, -0.15) is 24.5 Å². The maximum absolute atomic E-state index is 12.2. The smallest absolute Gasteiger partial charge is 0.334 e. The molecule has 0 bridgehead atoms. The average molecular weight is 218 g/mol. The van der Waals surface area contributed by atoms with Gasteiger partial charge in [0, 0.05) is 10.9 Å². The Hall–Kier alpha value is -1.30. The fraction of sp³-hybridized carbons (Fsp3) is 0.125. The molecule has 14 heavy (non-hydrogen) atoms. The zero-order chi connectivity index (χ0) is 10.2. The number of nitrogens with one attached hydrogen (secondary N) is 1. The van der Waals surface area contributed by atoms with Gasteiger partial charge >= 0.3 is 6.18 Å². The first-order chi connectivity index (χ1) is 6.57. The van der Waals surface area contributed by atoms with Crippen molar-refractivity contribution in [3.63, 3.8) is 0 Å². The number of rotatable bonds is 1. The fourth-order valence-corrected chi connectivity index (χ4v) is 1.65. The molecule has 0 saturated heterocycles. The Morgan fingerprint density at radius 1 is 1.36 bits per heavy atom. The molecule has 0 spiro atoms. The quantitative estimate of drug-likeness (QED) is 0.782. The number of halogens is 3. The largest absolute Gasteiger partial charge is 0.432 e. The van der Waals surface area contributed by atoms with Gasteiger partial charge in [0.2, 0.25) is 0 Å². The van der Waals surface area contributed by atoms with Gasteiger partial charge in [0.1, 0.15) is 11.5 Å². The van der Waals surface area contributed by atoms with E-state index < -0.39 is 11.9 Å². The monoisotopic (exact) mass is 218 g/mol. The van der Waals surface area contributed by atoms with Gasteiger partial charge in [-0.15, -0.1) is 0 Å². The first-order valence-electron chi connectivity index (χ1n) is 3.72. The summed E-state index contributed by atoms with van der Waals surface area (Å²) < 4.78 is 36.5. The highest BCUT2D eigenvalue weighted by Crippen LogP contribution is 2.29. The van der Waals surface area contributed by atoms with E-state index in [0.717, 1.165) is 6.20 Å². The van der Waals surface area contributed by atoms with Gasteiger partial charge in [-0.1, -0.05) is 0 Å².